The Balaban J connectivity index is 2.31. The van der Waals surface area contributed by atoms with Gasteiger partial charge < -0.3 is 0 Å². The zero-order chi connectivity index (χ0) is 16.7. The van der Waals surface area contributed by atoms with E-state index in [0.29, 0.717) is 6.61 Å². The Morgan fingerprint density at radius 1 is 0.667 bits per heavy atom. The molecule has 0 amide bonds. The second-order valence-corrected chi connectivity index (χ2v) is 15.5. The zero-order valence-electron chi connectivity index (χ0n) is 13.8. The van der Waals surface area contributed by atoms with Crippen LogP contribution in [0.4, 0.5) is 0 Å². The molecule has 0 unspecified atom stereocenters. The third kappa shape index (κ3) is 3.40. The second-order valence-electron chi connectivity index (χ2n) is 5.58. The van der Waals surface area contributed by atoms with Crippen LogP contribution in [0.2, 0.25) is 0 Å². The average Bonchev–Trinajstić information content (AvgIpc) is 2.68. The van der Waals surface area contributed by atoms with Crippen LogP contribution in [0.3, 0.4) is 0 Å². The summed E-state index contributed by atoms with van der Waals surface area (Å²) in [5, 5.41) is 0. The summed E-state index contributed by atoms with van der Waals surface area (Å²) in [7, 11) is 1.69. The van der Waals surface area contributed by atoms with Crippen molar-refractivity contribution in [3.63, 3.8) is 0 Å². The van der Waals surface area contributed by atoms with Crippen molar-refractivity contribution < 1.29 is 4.74 Å². The van der Waals surface area contributed by atoms with E-state index < -0.39 is 18.4 Å². The van der Waals surface area contributed by atoms with Gasteiger partial charge in [-0.1, -0.05) is 0 Å². The Hall–Kier alpha value is -2.02. The van der Waals surface area contributed by atoms with E-state index in [-0.39, 0.29) is 0 Å². The first-order valence-corrected chi connectivity index (χ1v) is 13.7. The Kier molecular flexibility index (Phi) is 5.74. The van der Waals surface area contributed by atoms with Crippen molar-refractivity contribution in [2.24, 2.45) is 0 Å². The van der Waals surface area contributed by atoms with Crippen molar-refractivity contribution >= 4 is 29.1 Å². The molecule has 0 fully saturated rings. The molecule has 3 aromatic rings. The molecular weight excluding hydrogens is 399 g/mol. The van der Waals surface area contributed by atoms with Crippen molar-refractivity contribution in [2.75, 3.05) is 13.7 Å². The first-order valence-electron chi connectivity index (χ1n) is 8.03. The molecule has 3 aromatic carbocycles. The van der Waals surface area contributed by atoms with E-state index in [2.05, 4.69) is 101 Å². The molecule has 0 spiro atoms. The van der Waals surface area contributed by atoms with Crippen LogP contribution in [0.5, 0.6) is 0 Å². The van der Waals surface area contributed by atoms with E-state index in [4.69, 9.17) is 4.74 Å². The molecule has 24 heavy (non-hydrogen) atoms. The average molecular weight is 419 g/mol. The van der Waals surface area contributed by atoms with E-state index >= 15 is 0 Å². The summed E-state index contributed by atoms with van der Waals surface area (Å²) in [6, 6.07) is 32.3. The quantitative estimate of drug-likeness (QED) is 0.466. The van der Waals surface area contributed by atoms with Crippen molar-refractivity contribution in [3.8, 4) is 9.86 Å². The van der Waals surface area contributed by atoms with Crippen LogP contribution in [0.25, 0.3) is 0 Å². The minimum absolute atomic E-state index is 0.463. The molecule has 1 nitrogen and oxygen atoms in total. The first kappa shape index (κ1) is 16.8. The van der Waals surface area contributed by atoms with Crippen molar-refractivity contribution in [3.05, 3.63) is 91.0 Å². The maximum absolute atomic E-state index is 5.20. The molecule has 0 radical (unpaired) electrons. The van der Waals surface area contributed by atoms with Gasteiger partial charge in [0.2, 0.25) is 0 Å². The Bertz CT molecular complexity index is 721. The fourth-order valence-corrected chi connectivity index (χ4v) is 14.0. The normalized spacial score (nSPS) is 10.7. The molecule has 0 atom stereocenters. The number of ether oxygens (including phenoxy) is 1. The number of methoxy groups -OCH3 is 1. The molecule has 0 bridgehead atoms. The fourth-order valence-electron chi connectivity index (χ4n) is 3.02. The number of hydrogen-bond donors (Lipinski definition) is 0. The number of rotatable bonds is 4. The molecule has 118 valence electrons. The second kappa shape index (κ2) is 8.19. The SMILES string of the molecule is COCC#[C][Sn]([c]1ccccc1)([c]1ccccc1)[c]1ccccc1. The third-order valence-corrected chi connectivity index (χ3v) is 16.0. The van der Waals surface area contributed by atoms with Gasteiger partial charge in [0.05, 0.1) is 0 Å². The molecule has 0 heterocycles. The summed E-state index contributed by atoms with van der Waals surface area (Å²) in [6.45, 7) is 0.463. The van der Waals surface area contributed by atoms with E-state index in [1.165, 1.54) is 10.7 Å². The Labute approximate surface area is 148 Å². The predicted molar refractivity (Wildman–Crippen MR) is 104 cm³/mol. The van der Waals surface area contributed by atoms with Crippen LogP contribution in [0, 0.1) is 9.86 Å². The van der Waals surface area contributed by atoms with Crippen LogP contribution >= 0.6 is 0 Å². The third-order valence-electron chi connectivity index (χ3n) is 4.11. The molecule has 0 aliphatic carbocycles. The summed E-state index contributed by atoms with van der Waals surface area (Å²) >= 11 is -3.37. The van der Waals surface area contributed by atoms with Gasteiger partial charge in [0.25, 0.3) is 0 Å². The van der Waals surface area contributed by atoms with E-state index in [1.54, 1.807) is 7.11 Å². The standard InChI is InChI=1S/3C6H5.C4H5O.Sn/c3*1-2-4-6-5-3-1;1-3-4-5-2;/h3*1-5H;4H2,2H3;. The molecule has 2 heteroatoms. The minimum atomic E-state index is -3.37. The molecule has 0 saturated heterocycles. The monoisotopic (exact) mass is 420 g/mol. The van der Waals surface area contributed by atoms with Gasteiger partial charge in [-0.3, -0.25) is 0 Å². The summed E-state index contributed by atoms with van der Waals surface area (Å²) < 4.78 is 13.0. The van der Waals surface area contributed by atoms with Crippen molar-refractivity contribution in [1.82, 2.24) is 0 Å². The number of benzene rings is 3. The van der Waals surface area contributed by atoms with Gasteiger partial charge in [0.1, 0.15) is 0 Å². The summed E-state index contributed by atoms with van der Waals surface area (Å²) in [5.41, 5.74) is 0. The summed E-state index contributed by atoms with van der Waals surface area (Å²) in [6.07, 6.45) is 0. The van der Waals surface area contributed by atoms with Crippen LogP contribution in [-0.2, 0) is 4.74 Å². The molecule has 0 aliphatic rings. The van der Waals surface area contributed by atoms with Crippen LogP contribution < -0.4 is 10.7 Å². The van der Waals surface area contributed by atoms with E-state index in [9.17, 15) is 0 Å². The Morgan fingerprint density at radius 3 is 1.38 bits per heavy atom. The van der Waals surface area contributed by atoms with Crippen molar-refractivity contribution in [1.29, 1.82) is 0 Å². The van der Waals surface area contributed by atoms with Crippen LogP contribution in [-0.4, -0.2) is 32.1 Å². The zero-order valence-corrected chi connectivity index (χ0v) is 16.6. The topological polar surface area (TPSA) is 9.23 Å². The van der Waals surface area contributed by atoms with Gasteiger partial charge in [-0.15, -0.1) is 0 Å². The van der Waals surface area contributed by atoms with Crippen molar-refractivity contribution in [2.45, 2.75) is 0 Å². The van der Waals surface area contributed by atoms with Crippen LogP contribution in [0.15, 0.2) is 91.0 Å². The molecular formula is C22H20OSn. The molecule has 0 aromatic heterocycles. The molecule has 0 aliphatic heterocycles. The van der Waals surface area contributed by atoms with E-state index in [1.807, 2.05) is 0 Å². The van der Waals surface area contributed by atoms with Gasteiger partial charge in [-0.2, -0.15) is 0 Å². The fraction of sp³-hybridized carbons (Fsp3) is 0.0909. The summed E-state index contributed by atoms with van der Waals surface area (Å²) in [4.78, 5) is 0. The van der Waals surface area contributed by atoms with Gasteiger partial charge in [0.15, 0.2) is 0 Å². The first-order chi connectivity index (χ1) is 11.9. The number of hydrogen-bond acceptors (Lipinski definition) is 1. The van der Waals surface area contributed by atoms with E-state index in [0.717, 1.165) is 0 Å². The Morgan fingerprint density at radius 2 is 1.04 bits per heavy atom. The maximum atomic E-state index is 5.20. The predicted octanol–water partition coefficient (Wildman–Crippen LogP) is 2.35. The molecule has 0 N–H and O–H groups in total. The van der Waals surface area contributed by atoms with Gasteiger partial charge in [-0.05, 0) is 0 Å². The summed E-state index contributed by atoms with van der Waals surface area (Å²) in [5.74, 6) is 3.29. The molecule has 0 saturated carbocycles. The molecule has 3 rings (SSSR count). The van der Waals surface area contributed by atoms with Crippen LogP contribution in [0.1, 0.15) is 0 Å². The van der Waals surface area contributed by atoms with Gasteiger partial charge in [0, 0.05) is 0 Å². The van der Waals surface area contributed by atoms with Gasteiger partial charge in [-0.25, -0.2) is 0 Å². The van der Waals surface area contributed by atoms with Gasteiger partial charge >= 0.3 is 148 Å².